The van der Waals surface area contributed by atoms with Crippen molar-refractivity contribution in [3.8, 4) is 23.0 Å². The summed E-state index contributed by atoms with van der Waals surface area (Å²) in [7, 11) is 0. The Bertz CT molecular complexity index is 999. The molecule has 3 aromatic rings. The fourth-order valence-corrected chi connectivity index (χ4v) is 2.99. The van der Waals surface area contributed by atoms with Gasteiger partial charge in [-0.2, -0.15) is 0 Å². The van der Waals surface area contributed by atoms with Gasteiger partial charge in [0.05, 0.1) is 12.1 Å². The smallest absolute Gasteiger partial charge is 0.231 e. The first-order valence-corrected chi connectivity index (χ1v) is 8.84. The zero-order valence-electron chi connectivity index (χ0n) is 14.6. The Morgan fingerprint density at radius 1 is 1.19 bits per heavy atom. The third-order valence-electron chi connectivity index (χ3n) is 4.22. The zero-order valence-corrected chi connectivity index (χ0v) is 15.4. The minimum atomic E-state index is -0.137. The van der Waals surface area contributed by atoms with E-state index < -0.39 is 0 Å². The molecule has 6 nitrogen and oxygen atoms in total. The van der Waals surface area contributed by atoms with E-state index in [1.54, 1.807) is 19.1 Å². The van der Waals surface area contributed by atoms with Crippen LogP contribution in [0.2, 0.25) is 5.02 Å². The molecule has 2 heterocycles. The van der Waals surface area contributed by atoms with Gasteiger partial charge in [0, 0.05) is 17.1 Å². The lowest BCUT2D eigenvalue weighted by Gasteiger charge is -2.05. The Morgan fingerprint density at radius 2 is 2.04 bits per heavy atom. The molecule has 1 amide bonds. The van der Waals surface area contributed by atoms with Gasteiger partial charge in [-0.3, -0.25) is 4.79 Å². The van der Waals surface area contributed by atoms with Crippen LogP contribution < -0.4 is 14.8 Å². The van der Waals surface area contributed by atoms with Crippen LogP contribution in [-0.2, 0) is 17.8 Å². The maximum absolute atomic E-state index is 12.3. The number of hydrogen-bond donors (Lipinski definition) is 1. The average Bonchev–Trinajstić information content (AvgIpc) is 3.26. The summed E-state index contributed by atoms with van der Waals surface area (Å²) in [4.78, 5) is 16.7. The summed E-state index contributed by atoms with van der Waals surface area (Å²) >= 11 is 6.01. The minimum Gasteiger partial charge on any atom is -0.454 e. The number of ether oxygens (including phenoxy) is 2. The lowest BCUT2D eigenvalue weighted by molar-refractivity contribution is -0.120. The summed E-state index contributed by atoms with van der Waals surface area (Å²) in [6.07, 6.45) is 0.139. The molecule has 0 aliphatic carbocycles. The van der Waals surface area contributed by atoms with Crippen molar-refractivity contribution in [3.63, 3.8) is 0 Å². The number of fused-ring (bicyclic) bond motifs is 1. The van der Waals surface area contributed by atoms with Crippen LogP contribution >= 0.6 is 11.6 Å². The lowest BCUT2D eigenvalue weighted by Crippen LogP contribution is -2.24. The van der Waals surface area contributed by atoms with E-state index in [-0.39, 0.29) is 19.1 Å². The van der Waals surface area contributed by atoms with E-state index in [4.69, 9.17) is 25.5 Å². The number of halogens is 1. The minimum absolute atomic E-state index is 0.137. The van der Waals surface area contributed by atoms with Crippen molar-refractivity contribution >= 4 is 17.5 Å². The molecular formula is C20H17ClN2O4. The monoisotopic (exact) mass is 384 g/mol. The molecule has 2 aromatic carbocycles. The Labute approximate surface area is 161 Å². The van der Waals surface area contributed by atoms with Gasteiger partial charge in [-0.1, -0.05) is 23.7 Å². The second-order valence-corrected chi connectivity index (χ2v) is 6.61. The Balaban J connectivity index is 1.39. The lowest BCUT2D eigenvalue weighted by atomic mass is 10.2. The molecule has 0 spiro atoms. The standard InChI is InChI=1S/C20H17ClN2O4/c1-12-16(23-20(27-12)14-3-2-4-15(21)8-14)9-19(24)22-10-13-5-6-17-18(7-13)26-11-25-17/h2-8H,9-11H2,1H3,(H,22,24). The predicted molar refractivity (Wildman–Crippen MR) is 99.8 cm³/mol. The number of hydrogen-bond acceptors (Lipinski definition) is 5. The molecule has 0 bridgehead atoms. The molecule has 1 aliphatic rings. The van der Waals surface area contributed by atoms with Crippen molar-refractivity contribution in [1.29, 1.82) is 0 Å². The van der Waals surface area contributed by atoms with Gasteiger partial charge in [0.1, 0.15) is 5.76 Å². The van der Waals surface area contributed by atoms with Crippen molar-refractivity contribution in [3.05, 3.63) is 64.5 Å². The predicted octanol–water partition coefficient (Wildman–Crippen LogP) is 3.89. The van der Waals surface area contributed by atoms with Crippen LogP contribution in [0.4, 0.5) is 0 Å². The molecular weight excluding hydrogens is 368 g/mol. The Morgan fingerprint density at radius 3 is 2.89 bits per heavy atom. The van der Waals surface area contributed by atoms with Crippen molar-refractivity contribution in [2.45, 2.75) is 19.9 Å². The fraction of sp³-hybridized carbons (Fsp3) is 0.200. The summed E-state index contributed by atoms with van der Waals surface area (Å²) in [5, 5.41) is 3.49. The SMILES string of the molecule is Cc1oc(-c2cccc(Cl)c2)nc1CC(=O)NCc1ccc2c(c1)OCO2. The van der Waals surface area contributed by atoms with Gasteiger partial charge >= 0.3 is 0 Å². The van der Waals surface area contributed by atoms with Crippen molar-refractivity contribution < 1.29 is 18.7 Å². The molecule has 0 unspecified atom stereocenters. The van der Waals surface area contributed by atoms with E-state index in [2.05, 4.69) is 10.3 Å². The zero-order chi connectivity index (χ0) is 18.8. The molecule has 0 saturated carbocycles. The Kier molecular flexibility index (Phi) is 4.73. The van der Waals surface area contributed by atoms with E-state index in [0.29, 0.717) is 34.7 Å². The summed E-state index contributed by atoms with van der Waals surface area (Å²) in [5.74, 6) is 2.34. The topological polar surface area (TPSA) is 73.6 Å². The quantitative estimate of drug-likeness (QED) is 0.722. The molecule has 0 saturated heterocycles. The highest BCUT2D eigenvalue weighted by atomic mass is 35.5. The molecule has 0 fully saturated rings. The number of carbonyl (C=O) groups is 1. The number of nitrogens with zero attached hydrogens (tertiary/aromatic N) is 1. The van der Waals surface area contributed by atoms with E-state index in [9.17, 15) is 4.79 Å². The second kappa shape index (κ2) is 7.32. The van der Waals surface area contributed by atoms with E-state index in [0.717, 1.165) is 16.9 Å². The summed E-state index contributed by atoms with van der Waals surface area (Å²) in [6.45, 7) is 2.42. The van der Waals surface area contributed by atoms with Gasteiger partial charge in [-0.25, -0.2) is 4.98 Å². The third kappa shape index (κ3) is 3.90. The number of benzene rings is 2. The van der Waals surface area contributed by atoms with Crippen LogP contribution in [0.15, 0.2) is 46.9 Å². The van der Waals surface area contributed by atoms with Crippen molar-refractivity contribution in [1.82, 2.24) is 10.3 Å². The van der Waals surface area contributed by atoms with E-state index in [1.807, 2.05) is 30.3 Å². The number of rotatable bonds is 5. The van der Waals surface area contributed by atoms with Crippen molar-refractivity contribution in [2.75, 3.05) is 6.79 Å². The number of aromatic nitrogens is 1. The summed E-state index contributed by atoms with van der Waals surface area (Å²) in [5.41, 5.74) is 2.31. The van der Waals surface area contributed by atoms with Crippen LogP contribution in [0.1, 0.15) is 17.0 Å². The molecule has 7 heteroatoms. The van der Waals surface area contributed by atoms with Gasteiger partial charge in [0.2, 0.25) is 18.6 Å². The van der Waals surface area contributed by atoms with E-state index in [1.165, 1.54) is 0 Å². The Hall–Kier alpha value is -2.99. The summed E-state index contributed by atoms with van der Waals surface area (Å²) < 4.78 is 16.3. The molecule has 138 valence electrons. The largest absolute Gasteiger partial charge is 0.454 e. The highest BCUT2D eigenvalue weighted by Gasteiger charge is 2.16. The second-order valence-electron chi connectivity index (χ2n) is 6.17. The average molecular weight is 385 g/mol. The maximum atomic E-state index is 12.3. The highest BCUT2D eigenvalue weighted by Crippen LogP contribution is 2.32. The van der Waals surface area contributed by atoms with Crippen LogP contribution in [0.5, 0.6) is 11.5 Å². The number of oxazole rings is 1. The van der Waals surface area contributed by atoms with Gasteiger partial charge in [0.15, 0.2) is 11.5 Å². The van der Waals surface area contributed by atoms with Crippen LogP contribution in [-0.4, -0.2) is 17.7 Å². The maximum Gasteiger partial charge on any atom is 0.231 e. The van der Waals surface area contributed by atoms with Crippen LogP contribution in [0.3, 0.4) is 0 Å². The van der Waals surface area contributed by atoms with E-state index >= 15 is 0 Å². The van der Waals surface area contributed by atoms with Gasteiger partial charge in [-0.05, 0) is 42.8 Å². The number of aryl methyl sites for hydroxylation is 1. The fourth-order valence-electron chi connectivity index (χ4n) is 2.80. The summed E-state index contributed by atoms with van der Waals surface area (Å²) in [6, 6.07) is 12.8. The molecule has 1 aliphatic heterocycles. The van der Waals surface area contributed by atoms with Crippen LogP contribution in [0, 0.1) is 6.92 Å². The molecule has 27 heavy (non-hydrogen) atoms. The van der Waals surface area contributed by atoms with Crippen molar-refractivity contribution in [2.24, 2.45) is 0 Å². The van der Waals surface area contributed by atoms with Gasteiger partial charge in [0.25, 0.3) is 0 Å². The first-order valence-electron chi connectivity index (χ1n) is 8.46. The van der Waals surface area contributed by atoms with Gasteiger partial charge < -0.3 is 19.2 Å². The molecule has 0 atom stereocenters. The number of carbonyl (C=O) groups excluding carboxylic acids is 1. The third-order valence-corrected chi connectivity index (χ3v) is 4.45. The highest BCUT2D eigenvalue weighted by molar-refractivity contribution is 6.30. The normalized spacial score (nSPS) is 12.2. The molecule has 1 N–H and O–H groups in total. The first kappa shape index (κ1) is 17.4. The van der Waals surface area contributed by atoms with Gasteiger partial charge in [-0.15, -0.1) is 0 Å². The number of nitrogens with one attached hydrogen (secondary N) is 1. The number of amides is 1. The molecule has 4 rings (SSSR count). The van der Waals surface area contributed by atoms with Crippen LogP contribution in [0.25, 0.3) is 11.5 Å². The molecule has 1 aromatic heterocycles. The first-order chi connectivity index (χ1) is 13.1. The molecule has 0 radical (unpaired) electrons.